The molecule has 2 atom stereocenters. The number of hydrazine groups is 1. The van der Waals surface area contributed by atoms with Gasteiger partial charge >= 0.3 is 6.18 Å². The van der Waals surface area contributed by atoms with Gasteiger partial charge in [-0.15, -0.1) is 0 Å². The average Bonchev–Trinajstić information content (AvgIpc) is 2.35. The molecule has 3 nitrogen and oxygen atoms in total. The maximum absolute atomic E-state index is 13.2. The minimum atomic E-state index is -4.73. The van der Waals surface area contributed by atoms with Crippen LogP contribution < -0.4 is 11.3 Å². The summed E-state index contributed by atoms with van der Waals surface area (Å²) in [6.07, 6.45) is -4.55. The predicted molar refractivity (Wildman–Crippen MR) is 62.6 cm³/mol. The molecule has 108 valence electrons. The van der Waals surface area contributed by atoms with Crippen LogP contribution in [0.5, 0.6) is 0 Å². The van der Waals surface area contributed by atoms with Crippen molar-refractivity contribution in [2.45, 2.75) is 31.7 Å². The molecule has 0 aliphatic rings. The maximum Gasteiger partial charge on any atom is 0.419 e. The van der Waals surface area contributed by atoms with Crippen LogP contribution >= 0.6 is 0 Å². The van der Waals surface area contributed by atoms with E-state index in [1.165, 1.54) is 13.2 Å². The maximum atomic E-state index is 13.2. The second kappa shape index (κ2) is 6.31. The second-order valence-electron chi connectivity index (χ2n) is 4.24. The molecule has 0 aromatic heterocycles. The monoisotopic (exact) mass is 280 g/mol. The number of nitrogens with one attached hydrogen (secondary N) is 1. The van der Waals surface area contributed by atoms with E-state index in [2.05, 4.69) is 5.43 Å². The first-order valence-electron chi connectivity index (χ1n) is 5.65. The highest BCUT2D eigenvalue weighted by Gasteiger charge is 2.34. The molecule has 0 aliphatic heterocycles. The second-order valence-corrected chi connectivity index (χ2v) is 4.24. The van der Waals surface area contributed by atoms with Gasteiger partial charge in [-0.25, -0.2) is 4.39 Å². The Balaban J connectivity index is 3.06. The van der Waals surface area contributed by atoms with Crippen LogP contribution in [0.3, 0.4) is 0 Å². The van der Waals surface area contributed by atoms with Gasteiger partial charge in [-0.05, 0) is 31.0 Å². The summed E-state index contributed by atoms with van der Waals surface area (Å²) in [7, 11) is 1.49. The van der Waals surface area contributed by atoms with E-state index < -0.39 is 23.6 Å². The molecule has 0 aliphatic carbocycles. The summed E-state index contributed by atoms with van der Waals surface area (Å²) in [5.41, 5.74) is 1.38. The molecule has 1 aromatic carbocycles. The summed E-state index contributed by atoms with van der Waals surface area (Å²) in [5.74, 6) is 4.03. The molecule has 0 spiro atoms. The number of rotatable bonds is 5. The van der Waals surface area contributed by atoms with Gasteiger partial charge in [0.15, 0.2) is 0 Å². The third-order valence-electron chi connectivity index (χ3n) is 2.87. The Labute approximate surface area is 108 Å². The Morgan fingerprint density at radius 1 is 1.37 bits per heavy atom. The Morgan fingerprint density at radius 2 is 2.00 bits per heavy atom. The zero-order valence-corrected chi connectivity index (χ0v) is 10.6. The van der Waals surface area contributed by atoms with Crippen molar-refractivity contribution in [2.24, 2.45) is 5.84 Å². The lowest BCUT2D eigenvalue weighted by Gasteiger charge is -2.21. The van der Waals surface area contributed by atoms with Crippen LogP contribution in [0.2, 0.25) is 0 Å². The molecule has 0 saturated carbocycles. The van der Waals surface area contributed by atoms with E-state index in [0.29, 0.717) is 6.42 Å². The standard InChI is InChI=1S/C12H16F4N2O/c1-7(19-2)5-11(18-17)8-3-4-10(13)9(6-8)12(14,15)16/h3-4,6-7,11,18H,5,17H2,1-2H3. The van der Waals surface area contributed by atoms with E-state index in [-0.39, 0.29) is 11.7 Å². The smallest absolute Gasteiger partial charge is 0.382 e. The predicted octanol–water partition coefficient (Wildman–Crippen LogP) is 2.77. The summed E-state index contributed by atoms with van der Waals surface area (Å²) in [4.78, 5) is 0. The van der Waals surface area contributed by atoms with Gasteiger partial charge in [0.2, 0.25) is 0 Å². The fourth-order valence-corrected chi connectivity index (χ4v) is 1.71. The van der Waals surface area contributed by atoms with Crippen LogP contribution in [0, 0.1) is 5.82 Å². The molecule has 2 unspecified atom stereocenters. The Bertz CT molecular complexity index is 423. The third-order valence-corrected chi connectivity index (χ3v) is 2.87. The van der Waals surface area contributed by atoms with Crippen molar-refractivity contribution in [2.75, 3.05) is 7.11 Å². The molecular formula is C12H16F4N2O. The van der Waals surface area contributed by atoms with Gasteiger partial charge in [-0.3, -0.25) is 11.3 Å². The lowest BCUT2D eigenvalue weighted by atomic mass is 9.99. The molecule has 0 amide bonds. The summed E-state index contributed by atoms with van der Waals surface area (Å²) in [6, 6.07) is 2.29. The van der Waals surface area contributed by atoms with E-state index in [4.69, 9.17) is 10.6 Å². The number of hydrogen-bond acceptors (Lipinski definition) is 3. The van der Waals surface area contributed by atoms with Gasteiger partial charge in [-0.2, -0.15) is 13.2 Å². The molecule has 0 fully saturated rings. The number of ether oxygens (including phenoxy) is 1. The lowest BCUT2D eigenvalue weighted by Crippen LogP contribution is -2.31. The van der Waals surface area contributed by atoms with Crippen LogP contribution in [0.1, 0.15) is 30.5 Å². The highest BCUT2D eigenvalue weighted by molar-refractivity contribution is 5.29. The number of nitrogens with two attached hydrogens (primary N) is 1. The Hall–Kier alpha value is -1.18. The van der Waals surface area contributed by atoms with Gasteiger partial charge in [0.05, 0.1) is 11.7 Å². The average molecular weight is 280 g/mol. The number of benzene rings is 1. The third kappa shape index (κ3) is 4.15. The first-order chi connectivity index (χ1) is 8.79. The van der Waals surface area contributed by atoms with E-state index in [9.17, 15) is 17.6 Å². The van der Waals surface area contributed by atoms with Gasteiger partial charge in [0.25, 0.3) is 0 Å². The van der Waals surface area contributed by atoms with Crippen molar-refractivity contribution in [3.05, 3.63) is 35.1 Å². The van der Waals surface area contributed by atoms with Crippen LogP contribution in [-0.4, -0.2) is 13.2 Å². The molecule has 0 bridgehead atoms. The van der Waals surface area contributed by atoms with Crippen molar-refractivity contribution in [1.29, 1.82) is 0 Å². The van der Waals surface area contributed by atoms with Crippen molar-refractivity contribution in [3.8, 4) is 0 Å². The Morgan fingerprint density at radius 3 is 2.47 bits per heavy atom. The number of alkyl halides is 3. The van der Waals surface area contributed by atoms with Crippen molar-refractivity contribution < 1.29 is 22.3 Å². The van der Waals surface area contributed by atoms with Gasteiger partial charge in [0.1, 0.15) is 5.82 Å². The zero-order chi connectivity index (χ0) is 14.6. The van der Waals surface area contributed by atoms with Crippen LogP contribution in [0.15, 0.2) is 18.2 Å². The summed E-state index contributed by atoms with van der Waals surface area (Å²) in [6.45, 7) is 1.76. The molecule has 7 heteroatoms. The van der Waals surface area contributed by atoms with Crippen molar-refractivity contribution >= 4 is 0 Å². The quantitative estimate of drug-likeness (QED) is 0.495. The van der Waals surface area contributed by atoms with Crippen LogP contribution in [0.4, 0.5) is 17.6 Å². The largest absolute Gasteiger partial charge is 0.419 e. The molecule has 0 radical (unpaired) electrons. The Kier molecular flexibility index (Phi) is 5.28. The zero-order valence-electron chi connectivity index (χ0n) is 10.6. The lowest BCUT2D eigenvalue weighted by molar-refractivity contribution is -0.140. The molecular weight excluding hydrogens is 264 g/mol. The first kappa shape index (κ1) is 15.9. The van der Waals surface area contributed by atoms with E-state index in [1.807, 2.05) is 0 Å². The normalized spacial score (nSPS) is 15.3. The van der Waals surface area contributed by atoms with E-state index in [1.54, 1.807) is 6.92 Å². The molecule has 1 rings (SSSR count). The fraction of sp³-hybridized carbons (Fsp3) is 0.500. The number of hydrogen-bond donors (Lipinski definition) is 2. The summed E-state index contributed by atoms with van der Waals surface area (Å²) >= 11 is 0. The van der Waals surface area contributed by atoms with Gasteiger partial charge < -0.3 is 4.74 Å². The highest BCUT2D eigenvalue weighted by atomic mass is 19.4. The summed E-state index contributed by atoms with van der Waals surface area (Å²) in [5, 5.41) is 0. The first-order valence-corrected chi connectivity index (χ1v) is 5.65. The SMILES string of the molecule is COC(C)CC(NN)c1ccc(F)c(C(F)(F)F)c1. The molecule has 19 heavy (non-hydrogen) atoms. The fourth-order valence-electron chi connectivity index (χ4n) is 1.71. The highest BCUT2D eigenvalue weighted by Crippen LogP contribution is 2.33. The van der Waals surface area contributed by atoms with E-state index >= 15 is 0 Å². The number of halogens is 4. The minimum Gasteiger partial charge on any atom is -0.382 e. The van der Waals surface area contributed by atoms with Crippen molar-refractivity contribution in [1.82, 2.24) is 5.43 Å². The van der Waals surface area contributed by atoms with E-state index in [0.717, 1.165) is 12.1 Å². The van der Waals surface area contributed by atoms with Crippen LogP contribution in [-0.2, 0) is 10.9 Å². The van der Waals surface area contributed by atoms with Gasteiger partial charge in [0, 0.05) is 13.2 Å². The molecule has 0 saturated heterocycles. The summed E-state index contributed by atoms with van der Waals surface area (Å²) < 4.78 is 56.0. The van der Waals surface area contributed by atoms with Crippen molar-refractivity contribution in [3.63, 3.8) is 0 Å². The topological polar surface area (TPSA) is 47.3 Å². The molecule has 1 aromatic rings. The van der Waals surface area contributed by atoms with Crippen LogP contribution in [0.25, 0.3) is 0 Å². The number of methoxy groups -OCH3 is 1. The van der Waals surface area contributed by atoms with Gasteiger partial charge in [-0.1, -0.05) is 6.07 Å². The molecule has 3 N–H and O–H groups in total. The minimum absolute atomic E-state index is 0.194. The molecule has 0 heterocycles.